The summed E-state index contributed by atoms with van der Waals surface area (Å²) in [5, 5.41) is 7.03. The van der Waals surface area contributed by atoms with Crippen LogP contribution >= 0.6 is 0 Å². The topological polar surface area (TPSA) is 96.0 Å². The summed E-state index contributed by atoms with van der Waals surface area (Å²) in [5.41, 5.74) is 5.90. The first-order valence-corrected chi connectivity index (χ1v) is 6.80. The van der Waals surface area contributed by atoms with Gasteiger partial charge in [-0.1, -0.05) is 18.2 Å². The van der Waals surface area contributed by atoms with Crippen LogP contribution in [0.5, 0.6) is 0 Å². The van der Waals surface area contributed by atoms with Crippen molar-refractivity contribution in [2.24, 2.45) is 5.73 Å². The summed E-state index contributed by atoms with van der Waals surface area (Å²) in [7, 11) is -3.45. The molecule has 0 aliphatic carbocycles. The fourth-order valence-electron chi connectivity index (χ4n) is 1.42. The molecule has 1 rings (SSSR count). The smallest absolute Gasteiger partial charge is 0.240 e. The first-order chi connectivity index (χ1) is 7.93. The molecule has 0 radical (unpaired) electrons. The van der Waals surface area contributed by atoms with Gasteiger partial charge in [-0.2, -0.15) is 0 Å². The quantitative estimate of drug-likeness (QED) is 0.402. The van der Waals surface area contributed by atoms with E-state index in [0.717, 1.165) is 0 Å². The van der Waals surface area contributed by atoms with Crippen LogP contribution in [0.15, 0.2) is 29.2 Å². The summed E-state index contributed by atoms with van der Waals surface area (Å²) in [6, 6.07) is 6.81. The molecule has 17 heavy (non-hydrogen) atoms. The summed E-state index contributed by atoms with van der Waals surface area (Å²) in [5.74, 6) is 0.0695. The van der Waals surface area contributed by atoms with Crippen molar-refractivity contribution in [3.63, 3.8) is 0 Å². The van der Waals surface area contributed by atoms with E-state index >= 15 is 0 Å². The maximum atomic E-state index is 11.9. The third-order valence-electron chi connectivity index (χ3n) is 2.30. The van der Waals surface area contributed by atoms with Gasteiger partial charge in [0, 0.05) is 13.0 Å². The van der Waals surface area contributed by atoms with Gasteiger partial charge in [-0.05, 0) is 25.0 Å². The Hall–Kier alpha value is -1.40. The number of hydrogen-bond acceptors (Lipinski definition) is 3. The van der Waals surface area contributed by atoms with Gasteiger partial charge in [0.05, 0.1) is 10.7 Å². The molecule has 1 aromatic carbocycles. The van der Waals surface area contributed by atoms with Crippen molar-refractivity contribution >= 4 is 15.9 Å². The minimum absolute atomic E-state index is 0.0695. The highest BCUT2D eigenvalue weighted by molar-refractivity contribution is 7.89. The molecule has 0 saturated heterocycles. The lowest BCUT2D eigenvalue weighted by molar-refractivity contribution is 0.579. The molecule has 0 spiro atoms. The van der Waals surface area contributed by atoms with E-state index in [2.05, 4.69) is 4.72 Å². The van der Waals surface area contributed by atoms with Crippen LogP contribution in [0.3, 0.4) is 0 Å². The molecule has 0 atom stereocenters. The molecular weight excluding hydrogens is 238 g/mol. The third-order valence-corrected chi connectivity index (χ3v) is 3.92. The molecule has 6 heteroatoms. The van der Waals surface area contributed by atoms with Crippen molar-refractivity contribution in [2.75, 3.05) is 6.54 Å². The zero-order chi connectivity index (χ0) is 12.9. The molecule has 94 valence electrons. The minimum Gasteiger partial charge on any atom is -0.388 e. The van der Waals surface area contributed by atoms with Gasteiger partial charge in [0.2, 0.25) is 10.0 Å². The predicted molar refractivity (Wildman–Crippen MR) is 67.5 cm³/mol. The van der Waals surface area contributed by atoms with E-state index in [1.807, 2.05) is 0 Å². The number of nitrogens with one attached hydrogen (secondary N) is 2. The van der Waals surface area contributed by atoms with E-state index in [1.165, 1.54) is 0 Å². The molecular formula is C11H17N3O2S. The molecule has 0 amide bonds. The lowest BCUT2D eigenvalue weighted by Gasteiger charge is -2.08. The Balaban J connectivity index is 2.64. The number of amidine groups is 1. The van der Waals surface area contributed by atoms with Gasteiger partial charge in [-0.3, -0.25) is 5.41 Å². The number of hydrogen-bond donors (Lipinski definition) is 3. The van der Waals surface area contributed by atoms with E-state index in [-0.39, 0.29) is 12.4 Å². The van der Waals surface area contributed by atoms with Crippen LogP contribution in [0.1, 0.15) is 18.4 Å². The van der Waals surface area contributed by atoms with Crippen molar-refractivity contribution in [3.05, 3.63) is 29.8 Å². The van der Waals surface area contributed by atoms with Crippen molar-refractivity contribution in [1.29, 1.82) is 5.41 Å². The Morgan fingerprint density at radius 3 is 2.65 bits per heavy atom. The first-order valence-electron chi connectivity index (χ1n) is 5.31. The van der Waals surface area contributed by atoms with Crippen LogP contribution in [0, 0.1) is 12.3 Å². The Morgan fingerprint density at radius 1 is 1.41 bits per heavy atom. The van der Waals surface area contributed by atoms with Crippen LogP contribution in [0.25, 0.3) is 0 Å². The first kappa shape index (κ1) is 13.7. The molecule has 0 aliphatic rings. The van der Waals surface area contributed by atoms with Crippen molar-refractivity contribution in [3.8, 4) is 0 Å². The van der Waals surface area contributed by atoms with Gasteiger partial charge in [-0.15, -0.1) is 0 Å². The molecule has 4 N–H and O–H groups in total. The van der Waals surface area contributed by atoms with Gasteiger partial charge in [0.15, 0.2) is 0 Å². The zero-order valence-electron chi connectivity index (χ0n) is 9.73. The third kappa shape index (κ3) is 4.16. The molecule has 0 unspecified atom stereocenters. The van der Waals surface area contributed by atoms with E-state index in [9.17, 15) is 8.42 Å². The van der Waals surface area contributed by atoms with Crippen molar-refractivity contribution in [2.45, 2.75) is 24.7 Å². The van der Waals surface area contributed by atoms with Crippen molar-refractivity contribution < 1.29 is 8.42 Å². The second kappa shape index (κ2) is 5.79. The predicted octanol–water partition coefficient (Wildman–Crippen LogP) is 0.989. The normalized spacial score (nSPS) is 11.4. The fourth-order valence-corrected chi connectivity index (χ4v) is 2.74. The van der Waals surface area contributed by atoms with E-state index in [1.54, 1.807) is 31.2 Å². The van der Waals surface area contributed by atoms with E-state index in [4.69, 9.17) is 11.1 Å². The lowest BCUT2D eigenvalue weighted by Crippen LogP contribution is -2.26. The van der Waals surface area contributed by atoms with Crippen LogP contribution in [-0.4, -0.2) is 20.8 Å². The summed E-state index contributed by atoms with van der Waals surface area (Å²) in [6.07, 6.45) is 0.927. The maximum absolute atomic E-state index is 11.9. The average molecular weight is 255 g/mol. The Morgan fingerprint density at radius 2 is 2.06 bits per heavy atom. The fraction of sp³-hybridized carbons (Fsp3) is 0.364. The molecule has 5 nitrogen and oxygen atoms in total. The number of nitrogens with two attached hydrogens (primary N) is 1. The standard InChI is InChI=1S/C11H17N3O2S/c1-9-5-2-3-6-10(9)17(15,16)14-8-4-7-11(12)13/h2-3,5-6,14H,4,7-8H2,1H3,(H3,12,13). The summed E-state index contributed by atoms with van der Waals surface area (Å²) in [4.78, 5) is 0.294. The number of benzene rings is 1. The SMILES string of the molecule is Cc1ccccc1S(=O)(=O)NCCCC(=N)N. The number of rotatable bonds is 6. The van der Waals surface area contributed by atoms with Gasteiger partial charge < -0.3 is 5.73 Å². The molecule has 0 aromatic heterocycles. The summed E-state index contributed by atoms with van der Waals surface area (Å²) < 4.78 is 26.3. The molecule has 0 heterocycles. The maximum Gasteiger partial charge on any atom is 0.240 e. The van der Waals surface area contributed by atoms with Crippen LogP contribution in [0.2, 0.25) is 0 Å². The zero-order valence-corrected chi connectivity index (χ0v) is 10.5. The second-order valence-electron chi connectivity index (χ2n) is 3.79. The molecule has 1 aromatic rings. The molecule has 0 bridgehead atoms. The van der Waals surface area contributed by atoms with Crippen LogP contribution < -0.4 is 10.5 Å². The highest BCUT2D eigenvalue weighted by Gasteiger charge is 2.14. The number of sulfonamides is 1. The number of aryl methyl sites for hydroxylation is 1. The highest BCUT2D eigenvalue weighted by Crippen LogP contribution is 2.13. The Labute approximate surface area is 102 Å². The largest absolute Gasteiger partial charge is 0.388 e. The van der Waals surface area contributed by atoms with Crippen LogP contribution in [-0.2, 0) is 10.0 Å². The Bertz CT molecular complexity index is 497. The second-order valence-corrected chi connectivity index (χ2v) is 5.53. The van der Waals surface area contributed by atoms with Gasteiger partial charge in [0.25, 0.3) is 0 Å². The van der Waals surface area contributed by atoms with Crippen LogP contribution in [0.4, 0.5) is 0 Å². The lowest BCUT2D eigenvalue weighted by atomic mass is 10.2. The molecule has 0 aliphatic heterocycles. The van der Waals surface area contributed by atoms with Gasteiger partial charge in [-0.25, -0.2) is 13.1 Å². The monoisotopic (exact) mass is 255 g/mol. The summed E-state index contributed by atoms with van der Waals surface area (Å²) in [6.45, 7) is 2.04. The van der Waals surface area contributed by atoms with Gasteiger partial charge in [0.1, 0.15) is 0 Å². The summed E-state index contributed by atoms with van der Waals surface area (Å²) >= 11 is 0. The van der Waals surface area contributed by atoms with Crippen molar-refractivity contribution in [1.82, 2.24) is 4.72 Å². The Kier molecular flexibility index (Phi) is 4.65. The highest BCUT2D eigenvalue weighted by atomic mass is 32.2. The minimum atomic E-state index is -3.45. The van der Waals surface area contributed by atoms with Gasteiger partial charge >= 0.3 is 0 Å². The molecule has 0 fully saturated rings. The van der Waals surface area contributed by atoms with E-state index in [0.29, 0.717) is 23.3 Å². The van der Waals surface area contributed by atoms with E-state index < -0.39 is 10.0 Å². The average Bonchev–Trinajstić information content (AvgIpc) is 2.24. The molecule has 0 saturated carbocycles.